The maximum Gasteiger partial charge on any atom is 0.327 e. The number of allylic oxidation sites excluding steroid dienone is 1. The Kier molecular flexibility index (Phi) is 5.21. The predicted octanol–water partition coefficient (Wildman–Crippen LogP) is -0.483. The number of aromatic nitrogens is 3. The molecule has 0 spiro atoms. The van der Waals surface area contributed by atoms with Crippen LogP contribution in [0.4, 0.5) is 0 Å². The zero-order valence-electron chi connectivity index (χ0n) is 9.80. The van der Waals surface area contributed by atoms with Crippen molar-refractivity contribution in [3.8, 4) is 0 Å². The summed E-state index contributed by atoms with van der Waals surface area (Å²) in [7, 11) is -4.22. The molecule has 1 rings (SSSR count). The first-order chi connectivity index (χ1) is 8.40. The van der Waals surface area contributed by atoms with E-state index >= 15 is 0 Å². The lowest BCUT2D eigenvalue weighted by Gasteiger charge is -2.18. The molecule has 0 saturated carbocycles. The van der Waals surface area contributed by atoms with E-state index in [-0.39, 0.29) is 6.54 Å². The molecule has 0 aliphatic heterocycles. The first-order valence-electron chi connectivity index (χ1n) is 5.21. The Hall–Kier alpha value is -1.50. The first-order valence-corrected chi connectivity index (χ1v) is 7.00. The number of carbonyl (C=O) groups excluding carboxylic acids is 1. The van der Waals surface area contributed by atoms with Crippen LogP contribution in [0.1, 0.15) is 6.92 Å². The second-order valence-electron chi connectivity index (χ2n) is 3.67. The lowest BCUT2D eigenvalue weighted by molar-refractivity contribution is -0.117. The monoisotopic (exact) mass is 274 g/mol. The fourth-order valence-electron chi connectivity index (χ4n) is 1.39. The molecule has 18 heavy (non-hydrogen) atoms. The minimum atomic E-state index is -4.22. The van der Waals surface area contributed by atoms with Crippen LogP contribution in [0.2, 0.25) is 0 Å². The fraction of sp³-hybridized carbons (Fsp3) is 0.444. The van der Waals surface area contributed by atoms with Crippen molar-refractivity contribution in [2.75, 3.05) is 6.16 Å². The van der Waals surface area contributed by atoms with Gasteiger partial charge >= 0.3 is 7.60 Å². The van der Waals surface area contributed by atoms with Gasteiger partial charge in [-0.25, -0.2) is 4.98 Å². The molecule has 0 radical (unpaired) electrons. The summed E-state index contributed by atoms with van der Waals surface area (Å²) in [5, 5.41) is 6.33. The van der Waals surface area contributed by atoms with Crippen molar-refractivity contribution >= 4 is 13.5 Å². The average Bonchev–Trinajstić information content (AvgIpc) is 2.67. The summed E-state index contributed by atoms with van der Waals surface area (Å²) >= 11 is 0. The number of nitrogens with zero attached hydrogens (tertiary/aromatic N) is 3. The minimum absolute atomic E-state index is 0.147. The number of amides is 1. The Morgan fingerprint density at radius 3 is 2.83 bits per heavy atom. The first kappa shape index (κ1) is 14.6. The van der Waals surface area contributed by atoms with Crippen LogP contribution in [0.3, 0.4) is 0 Å². The molecule has 8 nitrogen and oxygen atoms in total. The maximum absolute atomic E-state index is 11.4. The molecular weight excluding hydrogens is 259 g/mol. The molecule has 1 aromatic heterocycles. The highest BCUT2D eigenvalue weighted by atomic mass is 31.2. The van der Waals surface area contributed by atoms with Gasteiger partial charge in [0.1, 0.15) is 12.7 Å². The van der Waals surface area contributed by atoms with E-state index in [2.05, 4.69) is 15.4 Å². The molecule has 3 N–H and O–H groups in total. The van der Waals surface area contributed by atoms with Gasteiger partial charge in [-0.05, 0) is 13.0 Å². The lowest BCUT2D eigenvalue weighted by atomic mass is 10.3. The molecule has 0 bridgehead atoms. The number of carbonyl (C=O) groups is 1. The van der Waals surface area contributed by atoms with Crippen LogP contribution in [0.15, 0.2) is 24.8 Å². The highest BCUT2D eigenvalue weighted by Gasteiger charge is 2.23. The van der Waals surface area contributed by atoms with Gasteiger partial charge in [-0.15, -0.1) is 0 Å². The molecule has 9 heteroatoms. The Bertz CT molecular complexity index is 453. The maximum atomic E-state index is 11.4. The van der Waals surface area contributed by atoms with Crippen LogP contribution in [-0.2, 0) is 15.9 Å². The summed E-state index contributed by atoms with van der Waals surface area (Å²) in [6, 6.07) is -0.712. The largest absolute Gasteiger partial charge is 0.347 e. The molecule has 1 unspecified atom stereocenters. The van der Waals surface area contributed by atoms with Crippen molar-refractivity contribution in [1.29, 1.82) is 0 Å². The van der Waals surface area contributed by atoms with Crippen LogP contribution >= 0.6 is 7.60 Å². The Labute approximate surface area is 104 Å². The Morgan fingerprint density at radius 2 is 2.33 bits per heavy atom. The highest BCUT2D eigenvalue weighted by molar-refractivity contribution is 7.51. The van der Waals surface area contributed by atoms with Crippen LogP contribution < -0.4 is 5.32 Å². The molecule has 1 heterocycles. The van der Waals surface area contributed by atoms with Crippen LogP contribution in [0.25, 0.3) is 0 Å². The van der Waals surface area contributed by atoms with Crippen molar-refractivity contribution in [2.24, 2.45) is 0 Å². The van der Waals surface area contributed by atoms with Gasteiger partial charge in [-0.3, -0.25) is 14.0 Å². The summed E-state index contributed by atoms with van der Waals surface area (Å²) in [5.41, 5.74) is 0. The average molecular weight is 274 g/mol. The number of rotatable bonds is 6. The lowest BCUT2D eigenvalue weighted by Crippen LogP contribution is -2.39. The number of nitrogens with one attached hydrogen (secondary N) is 1. The second-order valence-corrected chi connectivity index (χ2v) is 5.36. The van der Waals surface area contributed by atoms with E-state index in [0.717, 1.165) is 0 Å². The Morgan fingerprint density at radius 1 is 1.61 bits per heavy atom. The van der Waals surface area contributed by atoms with Crippen LogP contribution in [-0.4, -0.2) is 42.7 Å². The number of hydrogen-bond acceptors (Lipinski definition) is 4. The molecule has 0 aromatic carbocycles. The van der Waals surface area contributed by atoms with Gasteiger partial charge in [0, 0.05) is 0 Å². The molecule has 1 aromatic rings. The second kappa shape index (κ2) is 6.44. The van der Waals surface area contributed by atoms with E-state index in [0.29, 0.717) is 0 Å². The van der Waals surface area contributed by atoms with Gasteiger partial charge in [-0.1, -0.05) is 6.08 Å². The van der Waals surface area contributed by atoms with E-state index in [1.165, 1.54) is 23.4 Å². The van der Waals surface area contributed by atoms with Gasteiger partial charge in [-0.2, -0.15) is 5.10 Å². The summed E-state index contributed by atoms with van der Waals surface area (Å²) in [6.07, 6.45) is 5.10. The summed E-state index contributed by atoms with van der Waals surface area (Å²) < 4.78 is 12.4. The third-order valence-corrected chi connectivity index (χ3v) is 2.91. The summed E-state index contributed by atoms with van der Waals surface area (Å²) in [5.74, 6) is -0.406. The highest BCUT2D eigenvalue weighted by Crippen LogP contribution is 2.35. The molecule has 0 aliphatic carbocycles. The van der Waals surface area contributed by atoms with E-state index in [9.17, 15) is 9.36 Å². The summed E-state index contributed by atoms with van der Waals surface area (Å²) in [4.78, 5) is 33.0. The van der Waals surface area contributed by atoms with Crippen LogP contribution in [0.5, 0.6) is 0 Å². The SMILES string of the molecule is C/C=C/C(=O)NC(Cn1cncn1)CP(=O)(O)O. The third-order valence-electron chi connectivity index (χ3n) is 2.00. The van der Waals surface area contributed by atoms with Crippen molar-refractivity contribution in [3.63, 3.8) is 0 Å². The van der Waals surface area contributed by atoms with Gasteiger partial charge in [0.15, 0.2) is 0 Å². The minimum Gasteiger partial charge on any atom is -0.347 e. The van der Waals surface area contributed by atoms with Crippen molar-refractivity contribution in [1.82, 2.24) is 20.1 Å². The van der Waals surface area contributed by atoms with Crippen molar-refractivity contribution in [3.05, 3.63) is 24.8 Å². The third kappa shape index (κ3) is 5.72. The van der Waals surface area contributed by atoms with Crippen molar-refractivity contribution in [2.45, 2.75) is 19.5 Å². The van der Waals surface area contributed by atoms with Crippen molar-refractivity contribution < 1.29 is 19.1 Å². The molecular formula is C9H15N4O4P. The van der Waals surface area contributed by atoms with Gasteiger partial charge in [0.25, 0.3) is 0 Å². The standard InChI is InChI=1S/C9H15N4O4P/c1-2-3-9(14)12-8(5-18(15,16)17)4-13-7-10-6-11-13/h2-3,6-8H,4-5H2,1H3,(H,12,14)(H2,15,16,17)/b3-2+. The zero-order chi connectivity index (χ0) is 13.6. The van der Waals surface area contributed by atoms with E-state index in [1.54, 1.807) is 13.0 Å². The smallest absolute Gasteiger partial charge is 0.327 e. The topological polar surface area (TPSA) is 117 Å². The molecule has 0 aliphatic rings. The normalized spacial score (nSPS) is 13.7. The van der Waals surface area contributed by atoms with Crippen LogP contribution in [0, 0.1) is 0 Å². The quantitative estimate of drug-likeness (QED) is 0.476. The fourth-order valence-corrected chi connectivity index (χ4v) is 2.17. The predicted molar refractivity (Wildman–Crippen MR) is 63.7 cm³/mol. The van der Waals surface area contributed by atoms with Gasteiger partial charge in [0.05, 0.1) is 18.7 Å². The molecule has 0 saturated heterocycles. The van der Waals surface area contributed by atoms with E-state index in [1.807, 2.05) is 0 Å². The molecule has 1 atom stereocenters. The Balaban J connectivity index is 2.68. The molecule has 0 fully saturated rings. The molecule has 100 valence electrons. The van der Waals surface area contributed by atoms with Gasteiger partial charge in [0.2, 0.25) is 5.91 Å². The zero-order valence-corrected chi connectivity index (χ0v) is 10.7. The molecule has 1 amide bonds. The van der Waals surface area contributed by atoms with E-state index < -0.39 is 25.7 Å². The van der Waals surface area contributed by atoms with E-state index in [4.69, 9.17) is 9.79 Å². The van der Waals surface area contributed by atoms with Gasteiger partial charge < -0.3 is 15.1 Å². The number of hydrogen-bond donors (Lipinski definition) is 3. The summed E-state index contributed by atoms with van der Waals surface area (Å²) in [6.45, 7) is 1.82.